The average Bonchev–Trinajstić information content (AvgIpc) is 3.46. The van der Waals surface area contributed by atoms with Gasteiger partial charge >= 0.3 is 0 Å². The van der Waals surface area contributed by atoms with Gasteiger partial charge in [0.25, 0.3) is 5.89 Å². The number of rotatable bonds is 9. The zero-order valence-electron chi connectivity index (χ0n) is 18.3. The molecule has 0 amide bonds. The summed E-state index contributed by atoms with van der Waals surface area (Å²) in [6, 6.07) is 23.4. The topological polar surface area (TPSA) is 87.5 Å². The summed E-state index contributed by atoms with van der Waals surface area (Å²) in [5.74, 6) is 2.35. The molecule has 1 N–H and O–H groups in total. The largest absolute Gasteiger partial charge is 0.486 e. The van der Waals surface area contributed by atoms with E-state index in [0.717, 1.165) is 15.8 Å². The molecule has 2 heterocycles. The Hall–Kier alpha value is -3.54. The molecule has 33 heavy (non-hydrogen) atoms. The molecule has 4 rings (SSSR count). The summed E-state index contributed by atoms with van der Waals surface area (Å²) < 4.78 is 18.4. The van der Waals surface area contributed by atoms with E-state index in [9.17, 15) is 5.26 Å². The molecular weight excluding hydrogens is 484 g/mol. The van der Waals surface area contributed by atoms with Crippen LogP contribution in [0.4, 0.5) is 5.88 Å². The minimum absolute atomic E-state index is 0.0947. The molecule has 2 aromatic carbocycles. The number of nitrogens with one attached hydrogen (secondary N) is 1. The highest BCUT2D eigenvalue weighted by Crippen LogP contribution is 2.28. The normalized spacial score (nSPS) is 11.8. The maximum Gasteiger partial charge on any atom is 0.266 e. The van der Waals surface area contributed by atoms with E-state index in [4.69, 9.17) is 13.6 Å². The number of ether oxygens (including phenoxy) is 1. The molecule has 0 saturated carbocycles. The number of oxazole rings is 1. The van der Waals surface area contributed by atoms with Gasteiger partial charge in [0.15, 0.2) is 5.76 Å². The van der Waals surface area contributed by atoms with E-state index in [-0.39, 0.29) is 24.2 Å². The maximum absolute atomic E-state index is 9.53. The monoisotopic (exact) mass is 506 g/mol. The van der Waals surface area contributed by atoms with Crippen LogP contribution in [0.3, 0.4) is 0 Å². The summed E-state index contributed by atoms with van der Waals surface area (Å²) in [4.78, 5) is 6.40. The molecular formula is C25H23BrN4O3. The highest BCUT2D eigenvalue weighted by atomic mass is 79.9. The van der Waals surface area contributed by atoms with E-state index >= 15 is 0 Å². The molecule has 1 atom stereocenters. The van der Waals surface area contributed by atoms with Crippen molar-refractivity contribution in [3.63, 3.8) is 0 Å². The molecule has 7 nitrogen and oxygen atoms in total. The summed E-state index contributed by atoms with van der Waals surface area (Å²) >= 11 is 3.40. The summed E-state index contributed by atoms with van der Waals surface area (Å²) in [5, 5.41) is 12.8. The molecule has 1 unspecified atom stereocenters. The van der Waals surface area contributed by atoms with Crippen LogP contribution in [0.1, 0.15) is 23.1 Å². The number of likely N-dealkylation sites (N-methyl/N-ethyl adjacent to an activating group) is 1. The Morgan fingerprint density at radius 3 is 2.52 bits per heavy atom. The third-order valence-corrected chi connectivity index (χ3v) is 5.59. The molecule has 0 aliphatic heterocycles. The third-order valence-electron chi connectivity index (χ3n) is 5.06. The molecule has 0 saturated heterocycles. The van der Waals surface area contributed by atoms with Gasteiger partial charge in [-0.25, -0.2) is 0 Å². The van der Waals surface area contributed by atoms with Crippen molar-refractivity contribution < 1.29 is 13.6 Å². The molecule has 0 radical (unpaired) electrons. The van der Waals surface area contributed by atoms with Gasteiger partial charge in [-0.1, -0.05) is 46.3 Å². The summed E-state index contributed by atoms with van der Waals surface area (Å²) in [7, 11) is 4.02. The maximum atomic E-state index is 9.53. The number of nitrogens with zero attached hydrogens (tertiary/aromatic N) is 3. The van der Waals surface area contributed by atoms with Gasteiger partial charge in [0, 0.05) is 11.0 Å². The van der Waals surface area contributed by atoms with Gasteiger partial charge in [-0.15, -0.1) is 0 Å². The lowest BCUT2D eigenvalue weighted by Gasteiger charge is -2.24. The van der Waals surface area contributed by atoms with Crippen molar-refractivity contribution >= 4 is 21.8 Å². The molecule has 8 heteroatoms. The van der Waals surface area contributed by atoms with Crippen LogP contribution in [0.25, 0.3) is 11.7 Å². The van der Waals surface area contributed by atoms with Gasteiger partial charge in [0.05, 0.1) is 6.04 Å². The lowest BCUT2D eigenvalue weighted by Crippen LogP contribution is -2.26. The van der Waals surface area contributed by atoms with Crippen molar-refractivity contribution in [1.82, 2.24) is 9.88 Å². The number of hydrogen-bond donors (Lipinski definition) is 1. The zero-order chi connectivity index (χ0) is 23.2. The molecule has 4 aromatic rings. The first-order valence-corrected chi connectivity index (χ1v) is 11.2. The van der Waals surface area contributed by atoms with Gasteiger partial charge in [-0.05, 0) is 56.1 Å². The minimum atomic E-state index is 0.0947. The summed E-state index contributed by atoms with van der Waals surface area (Å²) in [6.07, 6.45) is 0. The Labute approximate surface area is 200 Å². The molecule has 0 fully saturated rings. The van der Waals surface area contributed by atoms with Gasteiger partial charge in [0.2, 0.25) is 11.6 Å². The average molecular weight is 507 g/mol. The number of nitriles is 1. The zero-order valence-corrected chi connectivity index (χ0v) is 19.9. The molecule has 2 aromatic heterocycles. The number of aromatic nitrogens is 1. The van der Waals surface area contributed by atoms with Gasteiger partial charge < -0.3 is 23.8 Å². The number of hydrogen-bond acceptors (Lipinski definition) is 7. The number of halogens is 1. The van der Waals surface area contributed by atoms with Crippen molar-refractivity contribution in [2.75, 3.05) is 26.0 Å². The summed E-state index contributed by atoms with van der Waals surface area (Å²) in [6.45, 7) is 0.810. The second kappa shape index (κ2) is 10.4. The van der Waals surface area contributed by atoms with E-state index in [1.807, 2.05) is 56.6 Å². The van der Waals surface area contributed by atoms with Crippen molar-refractivity contribution in [1.29, 1.82) is 5.26 Å². The fourth-order valence-corrected chi connectivity index (χ4v) is 3.60. The smallest absolute Gasteiger partial charge is 0.266 e. The Kier molecular flexibility index (Phi) is 7.13. The van der Waals surface area contributed by atoms with Crippen molar-refractivity contribution in [3.8, 4) is 23.5 Å². The predicted molar refractivity (Wildman–Crippen MR) is 129 cm³/mol. The predicted octanol–water partition coefficient (Wildman–Crippen LogP) is 5.86. The van der Waals surface area contributed by atoms with Crippen LogP contribution in [0.5, 0.6) is 5.75 Å². The van der Waals surface area contributed by atoms with Crippen LogP contribution in [0.15, 0.2) is 80.0 Å². The number of furan rings is 1. The van der Waals surface area contributed by atoms with E-state index in [1.165, 1.54) is 0 Å². The fourth-order valence-electron chi connectivity index (χ4n) is 3.34. The Bertz CT molecular complexity index is 1230. The third kappa shape index (κ3) is 5.64. The number of benzene rings is 2. The second-order valence-electron chi connectivity index (χ2n) is 7.59. The first-order valence-electron chi connectivity index (χ1n) is 10.4. The fraction of sp³-hybridized carbons (Fsp3) is 0.200. The Morgan fingerprint density at radius 1 is 1.06 bits per heavy atom. The van der Waals surface area contributed by atoms with Crippen LogP contribution in [0.2, 0.25) is 0 Å². The van der Waals surface area contributed by atoms with Crippen LogP contribution in [-0.4, -0.2) is 30.5 Å². The molecule has 168 valence electrons. The van der Waals surface area contributed by atoms with Crippen molar-refractivity contribution in [3.05, 3.63) is 88.2 Å². The standard InChI is InChI=1S/C25H23BrN4O3/c1-30(2)22(17-6-4-3-5-7-17)15-28-24-21(14-27)29-25(33-24)23-13-12-20(32-23)16-31-19-10-8-18(26)9-11-19/h3-13,22,28H,15-16H2,1-2H3. The van der Waals surface area contributed by atoms with Crippen LogP contribution < -0.4 is 10.1 Å². The van der Waals surface area contributed by atoms with Gasteiger partial charge in [-0.2, -0.15) is 10.2 Å². The quantitative estimate of drug-likeness (QED) is 0.304. The molecule has 0 aliphatic carbocycles. The lowest BCUT2D eigenvalue weighted by atomic mass is 10.1. The van der Waals surface area contributed by atoms with Gasteiger partial charge in [-0.3, -0.25) is 0 Å². The molecule has 0 aliphatic rings. The first-order chi connectivity index (χ1) is 16.0. The van der Waals surface area contributed by atoms with Gasteiger partial charge in [0.1, 0.15) is 24.2 Å². The first kappa shape index (κ1) is 22.6. The summed E-state index contributed by atoms with van der Waals surface area (Å²) in [5.41, 5.74) is 1.34. The SMILES string of the molecule is CN(C)C(CNc1oc(-c2ccc(COc3ccc(Br)cc3)o2)nc1C#N)c1ccccc1. The van der Waals surface area contributed by atoms with Crippen LogP contribution in [-0.2, 0) is 6.61 Å². The lowest BCUT2D eigenvalue weighted by molar-refractivity contribution is 0.271. The highest BCUT2D eigenvalue weighted by Gasteiger charge is 2.20. The van der Waals surface area contributed by atoms with E-state index < -0.39 is 0 Å². The van der Waals surface area contributed by atoms with E-state index in [1.54, 1.807) is 12.1 Å². The number of anilines is 1. The van der Waals surface area contributed by atoms with Crippen molar-refractivity contribution in [2.24, 2.45) is 0 Å². The van der Waals surface area contributed by atoms with E-state index in [0.29, 0.717) is 23.9 Å². The van der Waals surface area contributed by atoms with Crippen molar-refractivity contribution in [2.45, 2.75) is 12.6 Å². The van der Waals surface area contributed by atoms with E-state index in [2.05, 4.69) is 49.3 Å². The van der Waals surface area contributed by atoms with Crippen LogP contribution in [0, 0.1) is 11.3 Å². The highest BCUT2D eigenvalue weighted by molar-refractivity contribution is 9.10. The molecule has 0 spiro atoms. The Balaban J connectivity index is 1.44. The second-order valence-corrected chi connectivity index (χ2v) is 8.50. The molecule has 0 bridgehead atoms. The minimum Gasteiger partial charge on any atom is -0.486 e. The Morgan fingerprint density at radius 2 is 1.82 bits per heavy atom. The van der Waals surface area contributed by atoms with Crippen LogP contribution >= 0.6 is 15.9 Å².